The largest absolute Gasteiger partial charge is 0.315 e. The smallest absolute Gasteiger partial charge is 0.311 e. The Hall–Kier alpha value is -2.47. The SMILES string of the molecule is CCC(Nc1ncccc1[N+](=O)[O-])[N+](C)(C)c1ccccc1. The molecule has 0 spiro atoms. The highest BCUT2D eigenvalue weighted by molar-refractivity contribution is 5.56. The van der Waals surface area contributed by atoms with Crippen molar-refractivity contribution < 1.29 is 4.92 Å². The molecule has 0 aliphatic carbocycles. The molecule has 6 nitrogen and oxygen atoms in total. The van der Waals surface area contributed by atoms with Gasteiger partial charge in [0.1, 0.15) is 5.69 Å². The molecule has 1 aromatic heterocycles. The fourth-order valence-corrected chi connectivity index (χ4v) is 2.53. The lowest BCUT2D eigenvalue weighted by atomic mass is 10.2. The number of nitro groups is 1. The molecule has 22 heavy (non-hydrogen) atoms. The molecule has 0 aliphatic heterocycles. The van der Waals surface area contributed by atoms with E-state index in [9.17, 15) is 10.1 Å². The quantitative estimate of drug-likeness (QED) is 0.384. The van der Waals surface area contributed by atoms with Crippen LogP contribution in [-0.4, -0.2) is 30.2 Å². The predicted octanol–water partition coefficient (Wildman–Crippen LogP) is 3.40. The molecule has 6 heteroatoms. The standard InChI is InChI=1S/C16H21N4O2/c1-4-15(20(2,3)13-9-6-5-7-10-13)18-16-14(19(21)22)11-8-12-17-16/h5-12,15H,4H2,1-3H3,(H,17,18)/q+1. The monoisotopic (exact) mass is 301 g/mol. The predicted molar refractivity (Wildman–Crippen MR) is 88.7 cm³/mol. The van der Waals surface area contributed by atoms with Crippen LogP contribution in [0, 0.1) is 10.1 Å². The molecule has 0 aliphatic rings. The second-order valence-electron chi connectivity index (χ2n) is 5.57. The number of aromatic nitrogens is 1. The van der Waals surface area contributed by atoms with Crippen LogP contribution in [0.25, 0.3) is 0 Å². The number of pyridine rings is 1. The van der Waals surface area contributed by atoms with Gasteiger partial charge in [-0.25, -0.2) is 4.98 Å². The number of quaternary nitrogens is 1. The van der Waals surface area contributed by atoms with E-state index in [0.29, 0.717) is 10.3 Å². The fourth-order valence-electron chi connectivity index (χ4n) is 2.53. The first-order chi connectivity index (χ1) is 10.5. The van der Waals surface area contributed by atoms with Gasteiger partial charge < -0.3 is 5.32 Å². The number of anilines is 1. The molecule has 0 saturated heterocycles. The number of nitrogens with zero attached hydrogens (tertiary/aromatic N) is 3. The molecule has 1 atom stereocenters. The van der Waals surface area contributed by atoms with E-state index in [1.54, 1.807) is 12.3 Å². The molecule has 2 aromatic rings. The number of benzene rings is 1. The van der Waals surface area contributed by atoms with E-state index in [2.05, 4.69) is 43.5 Å². The van der Waals surface area contributed by atoms with Gasteiger partial charge in [0.05, 0.1) is 19.0 Å². The van der Waals surface area contributed by atoms with Crippen LogP contribution >= 0.6 is 0 Å². The van der Waals surface area contributed by atoms with Crippen molar-refractivity contribution in [2.45, 2.75) is 19.5 Å². The molecule has 0 radical (unpaired) electrons. The molecule has 1 aromatic carbocycles. The van der Waals surface area contributed by atoms with E-state index in [4.69, 9.17) is 0 Å². The van der Waals surface area contributed by atoms with Crippen LogP contribution in [0.1, 0.15) is 13.3 Å². The van der Waals surface area contributed by atoms with Gasteiger partial charge in [0.25, 0.3) is 0 Å². The van der Waals surface area contributed by atoms with E-state index in [1.807, 2.05) is 18.2 Å². The third-order valence-corrected chi connectivity index (χ3v) is 3.87. The van der Waals surface area contributed by atoms with Gasteiger partial charge in [0, 0.05) is 18.7 Å². The van der Waals surface area contributed by atoms with Crippen molar-refractivity contribution in [1.29, 1.82) is 0 Å². The topological polar surface area (TPSA) is 68.1 Å². The molecule has 1 heterocycles. The molecule has 116 valence electrons. The van der Waals surface area contributed by atoms with Gasteiger partial charge in [0.2, 0.25) is 5.82 Å². The minimum Gasteiger partial charge on any atom is -0.315 e. The van der Waals surface area contributed by atoms with Crippen LogP contribution in [0.15, 0.2) is 48.7 Å². The first-order valence-corrected chi connectivity index (χ1v) is 7.22. The summed E-state index contributed by atoms with van der Waals surface area (Å²) in [7, 11) is 4.15. The lowest BCUT2D eigenvalue weighted by Crippen LogP contribution is -2.53. The fraction of sp³-hybridized carbons (Fsp3) is 0.312. The van der Waals surface area contributed by atoms with Crippen molar-refractivity contribution in [2.75, 3.05) is 19.4 Å². The van der Waals surface area contributed by atoms with E-state index >= 15 is 0 Å². The zero-order chi connectivity index (χ0) is 16.2. The molecule has 2 rings (SSSR count). The minimum absolute atomic E-state index is 0.00554. The third-order valence-electron chi connectivity index (χ3n) is 3.87. The van der Waals surface area contributed by atoms with Crippen molar-refractivity contribution in [3.05, 3.63) is 58.8 Å². The Labute approximate surface area is 130 Å². The van der Waals surface area contributed by atoms with Crippen molar-refractivity contribution in [3.8, 4) is 0 Å². The molecular formula is C16H21N4O2+. The van der Waals surface area contributed by atoms with E-state index in [0.717, 1.165) is 12.1 Å². The number of rotatable bonds is 6. The van der Waals surface area contributed by atoms with Gasteiger partial charge in [-0.15, -0.1) is 0 Å². The van der Waals surface area contributed by atoms with Gasteiger partial charge in [-0.3, -0.25) is 14.6 Å². The Bertz CT molecular complexity index is 644. The lowest BCUT2D eigenvalue weighted by molar-refractivity contribution is -0.384. The van der Waals surface area contributed by atoms with Crippen LogP contribution in [-0.2, 0) is 0 Å². The van der Waals surface area contributed by atoms with Gasteiger partial charge in [-0.05, 0) is 18.2 Å². The van der Waals surface area contributed by atoms with Crippen LogP contribution in [0.2, 0.25) is 0 Å². The maximum atomic E-state index is 11.1. The van der Waals surface area contributed by atoms with Crippen molar-refractivity contribution in [1.82, 2.24) is 9.47 Å². The summed E-state index contributed by atoms with van der Waals surface area (Å²) < 4.78 is 0.561. The van der Waals surface area contributed by atoms with Gasteiger partial charge in [0.15, 0.2) is 6.17 Å². The maximum Gasteiger partial charge on any atom is 0.311 e. The summed E-state index contributed by atoms with van der Waals surface area (Å²) >= 11 is 0. The number of para-hydroxylation sites is 1. The second-order valence-corrected chi connectivity index (χ2v) is 5.57. The highest BCUT2D eigenvalue weighted by atomic mass is 16.6. The van der Waals surface area contributed by atoms with Gasteiger partial charge >= 0.3 is 5.69 Å². The Morgan fingerprint density at radius 1 is 1.23 bits per heavy atom. The van der Waals surface area contributed by atoms with Crippen LogP contribution < -0.4 is 9.80 Å². The summed E-state index contributed by atoms with van der Waals surface area (Å²) in [6.45, 7) is 2.05. The number of nitrogens with one attached hydrogen (secondary N) is 1. The number of hydrogen-bond acceptors (Lipinski definition) is 4. The summed E-state index contributed by atoms with van der Waals surface area (Å²) in [5.74, 6) is 0.307. The van der Waals surface area contributed by atoms with Crippen LogP contribution in [0.4, 0.5) is 17.2 Å². The molecule has 0 amide bonds. The minimum atomic E-state index is -0.412. The van der Waals surface area contributed by atoms with E-state index in [1.165, 1.54) is 6.07 Å². The average Bonchev–Trinajstić information content (AvgIpc) is 2.53. The average molecular weight is 301 g/mol. The van der Waals surface area contributed by atoms with Gasteiger partial charge in [-0.2, -0.15) is 0 Å². The summed E-state index contributed by atoms with van der Waals surface area (Å²) in [5.41, 5.74) is 1.12. The summed E-state index contributed by atoms with van der Waals surface area (Å²) in [6, 6.07) is 13.1. The van der Waals surface area contributed by atoms with Gasteiger partial charge in [-0.1, -0.05) is 25.1 Å². The molecular weight excluding hydrogens is 280 g/mol. The zero-order valence-corrected chi connectivity index (χ0v) is 13.1. The second kappa shape index (κ2) is 6.53. The Morgan fingerprint density at radius 2 is 1.91 bits per heavy atom. The normalized spacial score (nSPS) is 12.7. The molecule has 1 unspecified atom stereocenters. The maximum absolute atomic E-state index is 11.1. The zero-order valence-electron chi connectivity index (χ0n) is 13.1. The van der Waals surface area contributed by atoms with Crippen molar-refractivity contribution in [2.24, 2.45) is 0 Å². The Balaban J connectivity index is 2.32. The van der Waals surface area contributed by atoms with Crippen LogP contribution in [0.5, 0.6) is 0 Å². The summed E-state index contributed by atoms with van der Waals surface area (Å²) in [4.78, 5) is 14.9. The van der Waals surface area contributed by atoms with E-state index in [-0.39, 0.29) is 11.9 Å². The third kappa shape index (κ3) is 3.23. The molecule has 0 saturated carbocycles. The molecule has 1 N–H and O–H groups in total. The Kier molecular flexibility index (Phi) is 4.72. The summed E-state index contributed by atoms with van der Waals surface area (Å²) in [6.07, 6.45) is 2.33. The highest BCUT2D eigenvalue weighted by Gasteiger charge is 2.31. The first-order valence-electron chi connectivity index (χ1n) is 7.22. The van der Waals surface area contributed by atoms with Crippen molar-refractivity contribution >= 4 is 17.2 Å². The molecule has 0 bridgehead atoms. The number of hydrogen-bond donors (Lipinski definition) is 1. The van der Waals surface area contributed by atoms with E-state index < -0.39 is 4.92 Å². The summed E-state index contributed by atoms with van der Waals surface area (Å²) in [5, 5.41) is 14.4. The lowest BCUT2D eigenvalue weighted by Gasteiger charge is -2.37. The molecule has 0 fully saturated rings. The van der Waals surface area contributed by atoms with Crippen LogP contribution in [0.3, 0.4) is 0 Å². The highest BCUT2D eigenvalue weighted by Crippen LogP contribution is 2.27. The first kappa shape index (κ1) is 15.9. The van der Waals surface area contributed by atoms with Crippen molar-refractivity contribution in [3.63, 3.8) is 0 Å². The Morgan fingerprint density at radius 3 is 2.50 bits per heavy atom.